The Labute approximate surface area is 125 Å². The number of ether oxygens (including phenoxy) is 1. The Bertz CT molecular complexity index is 488. The minimum atomic E-state index is -0.440. The molecule has 0 spiro atoms. The van der Waals surface area contributed by atoms with Crippen LogP contribution in [0.3, 0.4) is 0 Å². The highest BCUT2D eigenvalue weighted by Crippen LogP contribution is 2.20. The third-order valence-corrected chi connectivity index (χ3v) is 3.37. The zero-order valence-electron chi connectivity index (χ0n) is 12.5. The van der Waals surface area contributed by atoms with Gasteiger partial charge in [0.1, 0.15) is 6.04 Å². The number of carbonyl (C=O) groups is 2. The SMILES string of the molecule is CC(C)COC(=O)N1CCC[C@H]1C(=O)Nc1ccccc1. The molecule has 1 fully saturated rings. The highest BCUT2D eigenvalue weighted by Gasteiger charge is 2.35. The first kappa shape index (κ1) is 15.4. The van der Waals surface area contributed by atoms with Gasteiger partial charge in [-0.1, -0.05) is 32.0 Å². The van der Waals surface area contributed by atoms with Crippen molar-refractivity contribution >= 4 is 17.7 Å². The molecular formula is C16H22N2O3. The molecule has 114 valence electrons. The molecule has 5 heteroatoms. The van der Waals surface area contributed by atoms with E-state index in [1.807, 2.05) is 44.2 Å². The van der Waals surface area contributed by atoms with Crippen molar-refractivity contribution in [1.29, 1.82) is 0 Å². The second kappa shape index (κ2) is 7.11. The maximum atomic E-state index is 12.3. The molecular weight excluding hydrogens is 268 g/mol. The summed E-state index contributed by atoms with van der Waals surface area (Å²) in [5, 5.41) is 2.85. The van der Waals surface area contributed by atoms with E-state index in [1.165, 1.54) is 4.90 Å². The van der Waals surface area contributed by atoms with Crippen LogP contribution < -0.4 is 5.32 Å². The molecule has 0 unspecified atom stereocenters. The quantitative estimate of drug-likeness (QED) is 0.927. The third kappa shape index (κ3) is 4.21. The van der Waals surface area contributed by atoms with Gasteiger partial charge in [0.2, 0.25) is 5.91 Å². The van der Waals surface area contributed by atoms with Gasteiger partial charge in [0, 0.05) is 12.2 Å². The summed E-state index contributed by atoms with van der Waals surface area (Å²) in [7, 11) is 0. The fraction of sp³-hybridized carbons (Fsp3) is 0.500. The molecule has 21 heavy (non-hydrogen) atoms. The number of anilines is 1. The zero-order valence-corrected chi connectivity index (χ0v) is 12.5. The van der Waals surface area contributed by atoms with E-state index < -0.39 is 12.1 Å². The summed E-state index contributed by atoms with van der Waals surface area (Å²) in [6, 6.07) is 8.83. The summed E-state index contributed by atoms with van der Waals surface area (Å²) in [4.78, 5) is 25.9. The van der Waals surface area contributed by atoms with E-state index in [0.29, 0.717) is 19.6 Å². The molecule has 1 atom stereocenters. The summed E-state index contributed by atoms with van der Waals surface area (Å²) in [6.45, 7) is 4.92. The second-order valence-electron chi connectivity index (χ2n) is 5.68. The minimum Gasteiger partial charge on any atom is -0.449 e. The topological polar surface area (TPSA) is 58.6 Å². The molecule has 1 N–H and O–H groups in total. The molecule has 0 aliphatic carbocycles. The smallest absolute Gasteiger partial charge is 0.410 e. The van der Waals surface area contributed by atoms with E-state index in [9.17, 15) is 9.59 Å². The molecule has 0 bridgehead atoms. The van der Waals surface area contributed by atoms with Gasteiger partial charge < -0.3 is 10.1 Å². The van der Waals surface area contributed by atoms with Gasteiger partial charge in [0.05, 0.1) is 6.61 Å². The Morgan fingerprint density at radius 3 is 2.71 bits per heavy atom. The van der Waals surface area contributed by atoms with Gasteiger partial charge in [-0.2, -0.15) is 0 Å². The molecule has 2 rings (SSSR count). The molecule has 0 radical (unpaired) electrons. The number of likely N-dealkylation sites (tertiary alicyclic amines) is 1. The van der Waals surface area contributed by atoms with E-state index in [4.69, 9.17) is 4.74 Å². The lowest BCUT2D eigenvalue weighted by molar-refractivity contribution is -0.120. The molecule has 1 aromatic carbocycles. The first-order valence-corrected chi connectivity index (χ1v) is 7.37. The summed E-state index contributed by atoms with van der Waals surface area (Å²) in [5.74, 6) is 0.133. The van der Waals surface area contributed by atoms with Gasteiger partial charge in [-0.15, -0.1) is 0 Å². The lowest BCUT2D eigenvalue weighted by Gasteiger charge is -2.23. The minimum absolute atomic E-state index is 0.153. The number of para-hydroxylation sites is 1. The van der Waals surface area contributed by atoms with Crippen LogP contribution in [-0.2, 0) is 9.53 Å². The predicted octanol–water partition coefficient (Wildman–Crippen LogP) is 2.88. The standard InChI is InChI=1S/C16H22N2O3/c1-12(2)11-21-16(20)18-10-6-9-14(18)15(19)17-13-7-4-3-5-8-13/h3-5,7-8,12,14H,6,9-11H2,1-2H3,(H,17,19)/t14-/m0/s1. The van der Waals surface area contributed by atoms with Gasteiger partial charge in [0.15, 0.2) is 0 Å². The normalized spacial score (nSPS) is 17.9. The molecule has 1 aliphatic rings. The molecule has 2 amide bonds. The largest absolute Gasteiger partial charge is 0.449 e. The van der Waals surface area contributed by atoms with Crippen molar-refractivity contribution in [1.82, 2.24) is 4.90 Å². The van der Waals surface area contributed by atoms with E-state index in [2.05, 4.69) is 5.32 Å². The number of amides is 2. The number of hydrogen-bond donors (Lipinski definition) is 1. The van der Waals surface area contributed by atoms with Crippen LogP contribution in [0.5, 0.6) is 0 Å². The maximum Gasteiger partial charge on any atom is 0.410 e. The fourth-order valence-electron chi connectivity index (χ4n) is 2.33. The zero-order chi connectivity index (χ0) is 15.2. The number of benzene rings is 1. The van der Waals surface area contributed by atoms with Gasteiger partial charge in [-0.05, 0) is 30.9 Å². The second-order valence-corrected chi connectivity index (χ2v) is 5.68. The Balaban J connectivity index is 1.94. The van der Waals surface area contributed by atoms with Crippen molar-refractivity contribution in [2.24, 2.45) is 5.92 Å². The van der Waals surface area contributed by atoms with Crippen LogP contribution >= 0.6 is 0 Å². The number of nitrogens with zero attached hydrogens (tertiary/aromatic N) is 1. The Morgan fingerprint density at radius 1 is 1.33 bits per heavy atom. The van der Waals surface area contributed by atoms with Crippen molar-refractivity contribution in [2.45, 2.75) is 32.7 Å². The van der Waals surface area contributed by atoms with Gasteiger partial charge in [0.25, 0.3) is 0 Å². The summed E-state index contributed by atoms with van der Waals surface area (Å²) in [5.41, 5.74) is 0.741. The molecule has 1 heterocycles. The van der Waals surface area contributed by atoms with Crippen LogP contribution in [0.25, 0.3) is 0 Å². The van der Waals surface area contributed by atoms with Crippen LogP contribution in [0, 0.1) is 5.92 Å². The van der Waals surface area contributed by atoms with Crippen molar-refractivity contribution in [2.75, 3.05) is 18.5 Å². The highest BCUT2D eigenvalue weighted by molar-refractivity contribution is 5.96. The lowest BCUT2D eigenvalue weighted by Crippen LogP contribution is -2.43. The van der Waals surface area contributed by atoms with Crippen LogP contribution in [-0.4, -0.2) is 36.1 Å². The van der Waals surface area contributed by atoms with Crippen LogP contribution in [0.1, 0.15) is 26.7 Å². The van der Waals surface area contributed by atoms with Gasteiger partial charge in [-0.25, -0.2) is 4.79 Å². The third-order valence-electron chi connectivity index (χ3n) is 3.37. The Morgan fingerprint density at radius 2 is 2.05 bits per heavy atom. The first-order chi connectivity index (χ1) is 10.1. The first-order valence-electron chi connectivity index (χ1n) is 7.37. The number of nitrogens with one attached hydrogen (secondary N) is 1. The summed E-state index contributed by atoms with van der Waals surface area (Å²) < 4.78 is 5.22. The average Bonchev–Trinajstić information content (AvgIpc) is 2.95. The molecule has 1 aromatic rings. The van der Waals surface area contributed by atoms with E-state index in [0.717, 1.165) is 12.1 Å². The molecule has 5 nitrogen and oxygen atoms in total. The average molecular weight is 290 g/mol. The van der Waals surface area contributed by atoms with E-state index >= 15 is 0 Å². The Hall–Kier alpha value is -2.04. The van der Waals surface area contributed by atoms with Crippen molar-refractivity contribution in [3.8, 4) is 0 Å². The fourth-order valence-corrected chi connectivity index (χ4v) is 2.33. The summed E-state index contributed by atoms with van der Waals surface area (Å²) in [6.07, 6.45) is 1.11. The molecule has 1 saturated heterocycles. The van der Waals surface area contributed by atoms with Crippen LogP contribution in [0.2, 0.25) is 0 Å². The summed E-state index contributed by atoms with van der Waals surface area (Å²) >= 11 is 0. The maximum absolute atomic E-state index is 12.3. The van der Waals surface area contributed by atoms with Gasteiger partial charge >= 0.3 is 6.09 Å². The lowest BCUT2D eigenvalue weighted by atomic mass is 10.2. The van der Waals surface area contributed by atoms with Crippen molar-refractivity contribution < 1.29 is 14.3 Å². The monoisotopic (exact) mass is 290 g/mol. The molecule has 0 saturated carbocycles. The van der Waals surface area contributed by atoms with Crippen molar-refractivity contribution in [3.05, 3.63) is 30.3 Å². The highest BCUT2D eigenvalue weighted by atomic mass is 16.6. The predicted molar refractivity (Wildman–Crippen MR) is 81.0 cm³/mol. The van der Waals surface area contributed by atoms with Crippen molar-refractivity contribution in [3.63, 3.8) is 0 Å². The number of hydrogen-bond acceptors (Lipinski definition) is 3. The van der Waals surface area contributed by atoms with E-state index in [-0.39, 0.29) is 11.8 Å². The van der Waals surface area contributed by atoms with Gasteiger partial charge in [-0.3, -0.25) is 9.69 Å². The molecule has 0 aromatic heterocycles. The van der Waals surface area contributed by atoms with Crippen LogP contribution in [0.15, 0.2) is 30.3 Å². The molecule has 1 aliphatic heterocycles. The van der Waals surface area contributed by atoms with Crippen LogP contribution in [0.4, 0.5) is 10.5 Å². The van der Waals surface area contributed by atoms with E-state index in [1.54, 1.807) is 0 Å². The Kier molecular flexibility index (Phi) is 5.20. The number of rotatable bonds is 4. The number of carbonyl (C=O) groups excluding carboxylic acids is 2.